The standard InChI is InChI=1S/C21H22N2Si/c1-14(2)24(4,5)19-13-22-21-17-11-7-6-10-16(17)20-15(3)9-8-12-18(20)23(19)21/h6-13H,1H2,2-5H3. The van der Waals surface area contributed by atoms with Crippen LogP contribution in [0.4, 0.5) is 0 Å². The third-order valence-corrected chi connectivity index (χ3v) is 9.17. The van der Waals surface area contributed by atoms with Crippen molar-refractivity contribution in [1.29, 1.82) is 0 Å². The highest BCUT2D eigenvalue weighted by Crippen LogP contribution is 2.31. The fourth-order valence-electron chi connectivity index (χ4n) is 3.53. The normalized spacial score (nSPS) is 12.3. The minimum atomic E-state index is -1.78. The van der Waals surface area contributed by atoms with E-state index in [-0.39, 0.29) is 0 Å². The molecule has 0 saturated carbocycles. The van der Waals surface area contributed by atoms with Crippen LogP contribution in [0.3, 0.4) is 0 Å². The van der Waals surface area contributed by atoms with Crippen LogP contribution in [-0.2, 0) is 0 Å². The molecule has 0 aliphatic heterocycles. The zero-order valence-corrected chi connectivity index (χ0v) is 15.7. The van der Waals surface area contributed by atoms with E-state index in [1.165, 1.54) is 37.8 Å². The number of aryl methyl sites for hydroxylation is 1. The van der Waals surface area contributed by atoms with Gasteiger partial charge in [-0.05, 0) is 30.9 Å². The van der Waals surface area contributed by atoms with Gasteiger partial charge in [-0.2, -0.15) is 0 Å². The summed E-state index contributed by atoms with van der Waals surface area (Å²) in [6.45, 7) is 13.3. The maximum Gasteiger partial charge on any atom is 0.144 e. The van der Waals surface area contributed by atoms with Crippen molar-refractivity contribution in [2.45, 2.75) is 26.9 Å². The molecule has 0 spiro atoms. The first-order chi connectivity index (χ1) is 11.4. The predicted molar refractivity (Wildman–Crippen MR) is 107 cm³/mol. The Labute approximate surface area is 143 Å². The molecular weight excluding hydrogens is 308 g/mol. The molecule has 2 aromatic heterocycles. The number of fused-ring (bicyclic) bond motifs is 6. The lowest BCUT2D eigenvalue weighted by molar-refractivity contribution is 1.29. The number of hydrogen-bond acceptors (Lipinski definition) is 1. The molecule has 0 aliphatic rings. The molecule has 3 heteroatoms. The van der Waals surface area contributed by atoms with Crippen molar-refractivity contribution in [3.8, 4) is 0 Å². The molecule has 0 atom stereocenters. The molecule has 4 aromatic rings. The van der Waals surface area contributed by atoms with E-state index in [9.17, 15) is 0 Å². The predicted octanol–water partition coefficient (Wildman–Crippen LogP) is 4.98. The van der Waals surface area contributed by atoms with Crippen LogP contribution in [0.15, 0.2) is 60.4 Å². The number of allylic oxidation sites excluding steroid dienone is 1. The lowest BCUT2D eigenvalue weighted by Crippen LogP contribution is -2.45. The molecule has 120 valence electrons. The molecule has 24 heavy (non-hydrogen) atoms. The number of hydrogen-bond donors (Lipinski definition) is 0. The Balaban J connectivity index is 2.32. The van der Waals surface area contributed by atoms with Crippen LogP contribution in [0.2, 0.25) is 13.1 Å². The molecule has 0 radical (unpaired) electrons. The number of imidazole rings is 1. The van der Waals surface area contributed by atoms with Crippen molar-refractivity contribution in [3.05, 3.63) is 66.0 Å². The van der Waals surface area contributed by atoms with E-state index in [0.717, 1.165) is 5.65 Å². The second-order valence-electron chi connectivity index (χ2n) is 7.22. The van der Waals surface area contributed by atoms with E-state index >= 15 is 0 Å². The van der Waals surface area contributed by atoms with Crippen molar-refractivity contribution in [3.63, 3.8) is 0 Å². The van der Waals surface area contributed by atoms with E-state index < -0.39 is 8.07 Å². The number of nitrogens with zero attached hydrogens (tertiary/aromatic N) is 2. The summed E-state index contributed by atoms with van der Waals surface area (Å²) in [6.07, 6.45) is 2.07. The Hall–Kier alpha value is -2.39. The highest BCUT2D eigenvalue weighted by atomic mass is 28.3. The van der Waals surface area contributed by atoms with Crippen LogP contribution >= 0.6 is 0 Å². The van der Waals surface area contributed by atoms with Gasteiger partial charge in [0.05, 0.1) is 5.52 Å². The fraction of sp³-hybridized carbons (Fsp3) is 0.190. The van der Waals surface area contributed by atoms with E-state index in [4.69, 9.17) is 4.98 Å². The molecule has 0 unspecified atom stereocenters. The van der Waals surface area contributed by atoms with E-state index in [2.05, 4.69) is 86.6 Å². The smallest absolute Gasteiger partial charge is 0.144 e. The van der Waals surface area contributed by atoms with Gasteiger partial charge in [-0.3, -0.25) is 0 Å². The average Bonchev–Trinajstić information content (AvgIpc) is 3.01. The van der Waals surface area contributed by atoms with E-state index in [1.807, 2.05) is 0 Å². The lowest BCUT2D eigenvalue weighted by atomic mass is 10.0. The summed E-state index contributed by atoms with van der Waals surface area (Å²) in [5, 5.41) is 6.43. The number of benzene rings is 2. The summed E-state index contributed by atoms with van der Waals surface area (Å²) >= 11 is 0. The van der Waals surface area contributed by atoms with Gasteiger partial charge in [-0.25, -0.2) is 4.98 Å². The van der Waals surface area contributed by atoms with Gasteiger partial charge in [0.2, 0.25) is 0 Å². The second kappa shape index (κ2) is 5.05. The summed E-state index contributed by atoms with van der Waals surface area (Å²) in [4.78, 5) is 4.83. The van der Waals surface area contributed by atoms with Crippen LogP contribution in [0.25, 0.3) is 27.3 Å². The van der Waals surface area contributed by atoms with Crippen LogP contribution in [0.1, 0.15) is 12.5 Å². The zero-order valence-electron chi connectivity index (χ0n) is 14.7. The molecule has 0 N–H and O–H groups in total. The molecular formula is C21H22N2Si. The van der Waals surface area contributed by atoms with Gasteiger partial charge in [0.15, 0.2) is 0 Å². The van der Waals surface area contributed by atoms with Gasteiger partial charge in [-0.1, -0.05) is 54.7 Å². The topological polar surface area (TPSA) is 17.3 Å². The fourth-order valence-corrected chi connectivity index (χ4v) is 5.14. The quantitative estimate of drug-likeness (QED) is 0.374. The maximum atomic E-state index is 4.83. The largest absolute Gasteiger partial charge is 0.300 e. The van der Waals surface area contributed by atoms with E-state index in [1.54, 1.807) is 0 Å². The van der Waals surface area contributed by atoms with Crippen molar-refractivity contribution in [1.82, 2.24) is 9.38 Å². The number of pyridine rings is 1. The van der Waals surface area contributed by atoms with E-state index in [0.29, 0.717) is 0 Å². The SMILES string of the molecule is C=C(C)[Si](C)(C)c1cnc2c3ccccc3c3c(C)cccc3n12. The lowest BCUT2D eigenvalue weighted by Gasteiger charge is -2.23. The zero-order chi connectivity index (χ0) is 17.1. The van der Waals surface area contributed by atoms with Crippen LogP contribution < -0.4 is 5.32 Å². The minimum Gasteiger partial charge on any atom is -0.300 e. The Bertz CT molecular complexity index is 1120. The van der Waals surface area contributed by atoms with Gasteiger partial charge in [0.1, 0.15) is 13.7 Å². The Morgan fingerprint density at radius 3 is 2.46 bits per heavy atom. The first-order valence-corrected chi connectivity index (χ1v) is 11.4. The first kappa shape index (κ1) is 15.2. The Kier molecular flexibility index (Phi) is 3.19. The molecule has 0 bridgehead atoms. The van der Waals surface area contributed by atoms with Gasteiger partial charge in [0, 0.05) is 22.3 Å². The second-order valence-corrected chi connectivity index (χ2v) is 11.8. The van der Waals surface area contributed by atoms with Gasteiger partial charge in [-0.15, -0.1) is 6.58 Å². The third kappa shape index (κ3) is 1.91. The maximum absolute atomic E-state index is 4.83. The van der Waals surface area contributed by atoms with Crippen LogP contribution in [0, 0.1) is 6.92 Å². The number of aromatic nitrogens is 2. The van der Waals surface area contributed by atoms with Gasteiger partial charge in [0.25, 0.3) is 0 Å². The molecule has 2 heterocycles. The number of rotatable bonds is 2. The highest BCUT2D eigenvalue weighted by Gasteiger charge is 2.29. The third-order valence-electron chi connectivity index (χ3n) is 5.40. The summed E-state index contributed by atoms with van der Waals surface area (Å²) < 4.78 is 2.38. The first-order valence-electron chi connectivity index (χ1n) is 8.37. The Morgan fingerprint density at radius 2 is 1.75 bits per heavy atom. The highest BCUT2D eigenvalue weighted by molar-refractivity contribution is 6.95. The summed E-state index contributed by atoms with van der Waals surface area (Å²) in [5.74, 6) is 0. The summed E-state index contributed by atoms with van der Waals surface area (Å²) in [5.41, 5.74) is 3.61. The molecule has 4 rings (SSSR count). The van der Waals surface area contributed by atoms with Gasteiger partial charge < -0.3 is 4.40 Å². The molecule has 2 nitrogen and oxygen atoms in total. The summed E-state index contributed by atoms with van der Waals surface area (Å²) in [7, 11) is -1.78. The van der Waals surface area contributed by atoms with Crippen molar-refractivity contribution >= 4 is 40.7 Å². The monoisotopic (exact) mass is 330 g/mol. The molecule has 0 aliphatic carbocycles. The van der Waals surface area contributed by atoms with Crippen molar-refractivity contribution < 1.29 is 0 Å². The molecule has 2 aromatic carbocycles. The minimum absolute atomic E-state index is 1.06. The van der Waals surface area contributed by atoms with Crippen LogP contribution in [0.5, 0.6) is 0 Å². The molecule has 0 fully saturated rings. The molecule has 0 saturated heterocycles. The van der Waals surface area contributed by atoms with Gasteiger partial charge >= 0.3 is 0 Å². The van der Waals surface area contributed by atoms with Crippen molar-refractivity contribution in [2.24, 2.45) is 0 Å². The average molecular weight is 331 g/mol. The Morgan fingerprint density at radius 1 is 1.04 bits per heavy atom. The summed E-state index contributed by atoms with van der Waals surface area (Å²) in [6, 6.07) is 15.2. The van der Waals surface area contributed by atoms with Crippen LogP contribution in [-0.4, -0.2) is 17.5 Å². The molecule has 0 amide bonds. The van der Waals surface area contributed by atoms with Crippen molar-refractivity contribution in [2.75, 3.05) is 0 Å².